The molecule has 2 aromatic heterocycles. The Balaban J connectivity index is 1.84. The van der Waals surface area contributed by atoms with Crippen LogP contribution in [-0.4, -0.2) is 15.9 Å². The third kappa shape index (κ3) is 2.89. The largest absolute Gasteiger partial charge is 0.297 e. The maximum absolute atomic E-state index is 12.3. The Kier molecular flexibility index (Phi) is 3.74. The predicted molar refractivity (Wildman–Crippen MR) is 93.1 cm³/mol. The van der Waals surface area contributed by atoms with E-state index in [1.165, 1.54) is 22.7 Å². The van der Waals surface area contributed by atoms with E-state index in [4.69, 9.17) is 0 Å². The summed E-state index contributed by atoms with van der Waals surface area (Å²) in [4.78, 5) is 21.8. The Bertz CT molecular complexity index is 843. The van der Waals surface area contributed by atoms with E-state index in [0.717, 1.165) is 20.8 Å². The SMILES string of the molecule is Cc1cccc2sc(NC(=O)c3cnc(C(C)(C)C)s3)nc12. The number of hydrogen-bond acceptors (Lipinski definition) is 5. The van der Waals surface area contributed by atoms with Crippen LogP contribution < -0.4 is 5.32 Å². The van der Waals surface area contributed by atoms with Gasteiger partial charge in [-0.3, -0.25) is 10.1 Å². The van der Waals surface area contributed by atoms with Gasteiger partial charge < -0.3 is 0 Å². The fraction of sp³-hybridized carbons (Fsp3) is 0.312. The highest BCUT2D eigenvalue weighted by atomic mass is 32.1. The van der Waals surface area contributed by atoms with Crippen molar-refractivity contribution in [3.8, 4) is 0 Å². The van der Waals surface area contributed by atoms with Gasteiger partial charge in [-0.15, -0.1) is 11.3 Å². The Morgan fingerprint density at radius 3 is 2.64 bits per heavy atom. The average molecular weight is 331 g/mol. The fourth-order valence-corrected chi connectivity index (χ4v) is 3.83. The van der Waals surface area contributed by atoms with E-state index < -0.39 is 0 Å². The lowest BCUT2D eigenvalue weighted by molar-refractivity contribution is 0.103. The number of hydrogen-bond donors (Lipinski definition) is 1. The highest BCUT2D eigenvalue weighted by Gasteiger charge is 2.21. The van der Waals surface area contributed by atoms with Crippen molar-refractivity contribution in [2.45, 2.75) is 33.1 Å². The van der Waals surface area contributed by atoms with Crippen LogP contribution in [-0.2, 0) is 5.41 Å². The molecular formula is C16H17N3OS2. The molecule has 6 heteroatoms. The van der Waals surface area contributed by atoms with Gasteiger partial charge in [-0.1, -0.05) is 44.2 Å². The van der Waals surface area contributed by atoms with Crippen LogP contribution in [0.4, 0.5) is 5.13 Å². The summed E-state index contributed by atoms with van der Waals surface area (Å²) in [6.07, 6.45) is 1.64. The first kappa shape index (κ1) is 15.1. The van der Waals surface area contributed by atoms with E-state index in [9.17, 15) is 4.79 Å². The zero-order valence-corrected chi connectivity index (χ0v) is 14.6. The molecule has 0 atom stereocenters. The number of carbonyl (C=O) groups excluding carboxylic acids is 1. The summed E-state index contributed by atoms with van der Waals surface area (Å²) in [7, 11) is 0. The Hall–Kier alpha value is -1.79. The third-order valence-corrected chi connectivity index (χ3v) is 5.57. The summed E-state index contributed by atoms with van der Waals surface area (Å²) < 4.78 is 1.08. The second-order valence-electron chi connectivity index (χ2n) is 6.17. The normalized spacial score (nSPS) is 11.8. The third-order valence-electron chi connectivity index (χ3n) is 3.21. The minimum atomic E-state index is -0.148. The maximum atomic E-state index is 12.3. The quantitative estimate of drug-likeness (QED) is 0.746. The van der Waals surface area contributed by atoms with E-state index in [1.807, 2.05) is 25.1 Å². The molecule has 0 spiro atoms. The van der Waals surface area contributed by atoms with Gasteiger partial charge >= 0.3 is 0 Å². The lowest BCUT2D eigenvalue weighted by Crippen LogP contribution is -2.10. The first-order valence-electron chi connectivity index (χ1n) is 6.98. The molecule has 4 nitrogen and oxygen atoms in total. The predicted octanol–water partition coefficient (Wildman–Crippen LogP) is 4.61. The van der Waals surface area contributed by atoms with Crippen molar-refractivity contribution < 1.29 is 4.79 Å². The van der Waals surface area contributed by atoms with Gasteiger partial charge in [0.1, 0.15) is 4.88 Å². The highest BCUT2D eigenvalue weighted by Crippen LogP contribution is 2.30. The molecule has 0 saturated carbocycles. The second kappa shape index (κ2) is 5.44. The standard InChI is InChI=1S/C16H17N3OS2/c1-9-6-5-7-10-12(9)18-15(22-10)19-13(20)11-8-17-14(21-11)16(2,3)4/h5-8H,1-4H3,(H,18,19,20). The number of carbonyl (C=O) groups is 1. The minimum absolute atomic E-state index is 0.0455. The smallest absolute Gasteiger partial charge is 0.269 e. The lowest BCUT2D eigenvalue weighted by Gasteiger charge is -2.13. The molecule has 2 heterocycles. The zero-order valence-electron chi connectivity index (χ0n) is 12.9. The number of nitrogens with zero attached hydrogens (tertiary/aromatic N) is 2. The molecule has 22 heavy (non-hydrogen) atoms. The maximum Gasteiger partial charge on any atom is 0.269 e. The number of amides is 1. The van der Waals surface area contributed by atoms with Crippen LogP contribution in [0.15, 0.2) is 24.4 Å². The fourth-order valence-electron chi connectivity index (χ4n) is 2.02. The molecular weight excluding hydrogens is 314 g/mol. The van der Waals surface area contributed by atoms with E-state index in [-0.39, 0.29) is 11.3 Å². The molecule has 1 N–H and O–H groups in total. The van der Waals surface area contributed by atoms with E-state index in [2.05, 4.69) is 36.1 Å². The van der Waals surface area contributed by atoms with Crippen LogP contribution in [0.5, 0.6) is 0 Å². The minimum Gasteiger partial charge on any atom is -0.297 e. The number of nitrogens with one attached hydrogen (secondary N) is 1. The van der Waals surface area contributed by atoms with Crippen LogP contribution >= 0.6 is 22.7 Å². The molecule has 1 amide bonds. The molecule has 0 unspecified atom stereocenters. The van der Waals surface area contributed by atoms with Crippen molar-refractivity contribution in [1.82, 2.24) is 9.97 Å². The summed E-state index contributed by atoms with van der Waals surface area (Å²) in [6, 6.07) is 6.03. The number of anilines is 1. The van der Waals surface area contributed by atoms with Crippen molar-refractivity contribution in [2.24, 2.45) is 0 Å². The van der Waals surface area contributed by atoms with Gasteiger partial charge in [0.05, 0.1) is 21.4 Å². The monoisotopic (exact) mass is 331 g/mol. The number of thiazole rings is 2. The summed E-state index contributed by atoms with van der Waals surface area (Å²) in [5.74, 6) is -0.148. The van der Waals surface area contributed by atoms with Crippen LogP contribution in [0.1, 0.15) is 41.0 Å². The van der Waals surface area contributed by atoms with Crippen LogP contribution in [0.25, 0.3) is 10.2 Å². The number of aryl methyl sites for hydroxylation is 1. The molecule has 0 radical (unpaired) electrons. The number of rotatable bonds is 2. The first-order chi connectivity index (χ1) is 10.3. The summed E-state index contributed by atoms with van der Waals surface area (Å²) in [5.41, 5.74) is 2.01. The van der Waals surface area contributed by atoms with Crippen molar-refractivity contribution >= 4 is 43.9 Å². The lowest BCUT2D eigenvalue weighted by atomic mass is 9.98. The van der Waals surface area contributed by atoms with Gasteiger partial charge in [0.15, 0.2) is 5.13 Å². The second-order valence-corrected chi connectivity index (χ2v) is 8.24. The first-order valence-corrected chi connectivity index (χ1v) is 8.62. The van der Waals surface area contributed by atoms with E-state index in [1.54, 1.807) is 6.20 Å². The molecule has 0 bridgehead atoms. The van der Waals surface area contributed by atoms with Crippen molar-refractivity contribution in [1.29, 1.82) is 0 Å². The van der Waals surface area contributed by atoms with Gasteiger partial charge in [-0.2, -0.15) is 0 Å². The molecule has 0 aliphatic heterocycles. The number of fused-ring (bicyclic) bond motifs is 1. The van der Waals surface area contributed by atoms with Gasteiger partial charge in [-0.25, -0.2) is 9.97 Å². The molecule has 0 fully saturated rings. The molecule has 0 aliphatic rings. The molecule has 0 saturated heterocycles. The van der Waals surface area contributed by atoms with E-state index in [0.29, 0.717) is 10.0 Å². The van der Waals surface area contributed by atoms with E-state index >= 15 is 0 Å². The molecule has 3 aromatic rings. The number of para-hydroxylation sites is 1. The Labute approximate surface area is 137 Å². The average Bonchev–Trinajstić information content (AvgIpc) is 3.04. The van der Waals surface area contributed by atoms with Gasteiger partial charge in [0.2, 0.25) is 0 Å². The van der Waals surface area contributed by atoms with Crippen molar-refractivity contribution in [3.05, 3.63) is 39.8 Å². The zero-order chi connectivity index (χ0) is 15.9. The topological polar surface area (TPSA) is 54.9 Å². The molecule has 0 aliphatic carbocycles. The number of benzene rings is 1. The molecule has 1 aromatic carbocycles. The number of aromatic nitrogens is 2. The summed E-state index contributed by atoms with van der Waals surface area (Å²) in [6.45, 7) is 8.28. The Morgan fingerprint density at radius 1 is 1.23 bits per heavy atom. The van der Waals surface area contributed by atoms with Crippen LogP contribution in [0.2, 0.25) is 0 Å². The highest BCUT2D eigenvalue weighted by molar-refractivity contribution is 7.22. The van der Waals surface area contributed by atoms with Crippen LogP contribution in [0.3, 0.4) is 0 Å². The Morgan fingerprint density at radius 2 is 2.00 bits per heavy atom. The summed E-state index contributed by atoms with van der Waals surface area (Å²) in [5, 5.41) is 4.46. The van der Waals surface area contributed by atoms with Gasteiger partial charge in [-0.05, 0) is 18.6 Å². The molecule has 3 rings (SSSR count). The van der Waals surface area contributed by atoms with Crippen molar-refractivity contribution in [2.75, 3.05) is 5.32 Å². The van der Waals surface area contributed by atoms with Crippen LogP contribution in [0, 0.1) is 6.92 Å². The molecule has 114 valence electrons. The van der Waals surface area contributed by atoms with Crippen molar-refractivity contribution in [3.63, 3.8) is 0 Å². The van der Waals surface area contributed by atoms with Gasteiger partial charge in [0.25, 0.3) is 5.91 Å². The van der Waals surface area contributed by atoms with Gasteiger partial charge in [0, 0.05) is 5.41 Å². The summed E-state index contributed by atoms with van der Waals surface area (Å²) >= 11 is 2.92.